The van der Waals surface area contributed by atoms with Crippen LogP contribution in [0.2, 0.25) is 0 Å². The van der Waals surface area contributed by atoms with Gasteiger partial charge in [-0.05, 0) is 76.8 Å². The Labute approximate surface area is 174 Å². The molecule has 30 heavy (non-hydrogen) atoms. The van der Waals surface area contributed by atoms with Crippen molar-refractivity contribution in [2.45, 2.75) is 0 Å². The molecule has 0 fully saturated rings. The summed E-state index contributed by atoms with van der Waals surface area (Å²) < 4.78 is 0. The van der Waals surface area contributed by atoms with Crippen LogP contribution < -0.4 is 0 Å². The Bertz CT molecular complexity index is 1790. The quantitative estimate of drug-likeness (QED) is 0.183. The number of fused-ring (bicyclic) bond motifs is 10. The Kier molecular flexibility index (Phi) is 3.09. The summed E-state index contributed by atoms with van der Waals surface area (Å²) in [5.74, 6) is 0. The van der Waals surface area contributed by atoms with Gasteiger partial charge in [-0.2, -0.15) is 0 Å². The molecular formula is C30H18. The minimum Gasteiger partial charge on any atom is -0.0616 e. The minimum absolute atomic E-state index is 1.29. The van der Waals surface area contributed by atoms with Gasteiger partial charge >= 0.3 is 0 Å². The van der Waals surface area contributed by atoms with Crippen LogP contribution >= 0.6 is 0 Å². The summed E-state index contributed by atoms with van der Waals surface area (Å²) >= 11 is 0. The number of benzene rings is 7. The van der Waals surface area contributed by atoms with Crippen molar-refractivity contribution in [2.75, 3.05) is 0 Å². The van der Waals surface area contributed by atoms with E-state index in [-0.39, 0.29) is 0 Å². The summed E-state index contributed by atoms with van der Waals surface area (Å²) in [6.45, 7) is 0. The standard InChI is InChI=1S/C30H18/c1-3-7-23-20(6-1)11-13-26-25(23)15-16-28-27(26)14-12-22-17-21-10-9-19-5-2-4-8-24(19)29(21)18-30(22)28/h1-18H. The lowest BCUT2D eigenvalue weighted by atomic mass is 9.92. The zero-order valence-electron chi connectivity index (χ0n) is 16.4. The average Bonchev–Trinajstić information content (AvgIpc) is 2.82. The van der Waals surface area contributed by atoms with E-state index in [0.29, 0.717) is 0 Å². The molecule has 0 amide bonds. The zero-order valence-corrected chi connectivity index (χ0v) is 16.4. The van der Waals surface area contributed by atoms with E-state index < -0.39 is 0 Å². The molecule has 0 heteroatoms. The molecule has 7 rings (SSSR count). The van der Waals surface area contributed by atoms with E-state index in [1.54, 1.807) is 0 Å². The van der Waals surface area contributed by atoms with Gasteiger partial charge in [-0.15, -0.1) is 0 Å². The molecule has 0 N–H and O–H groups in total. The Hall–Kier alpha value is -3.90. The molecule has 0 atom stereocenters. The Morgan fingerprint density at radius 3 is 1.33 bits per heavy atom. The highest BCUT2D eigenvalue weighted by molar-refractivity contribution is 6.24. The first-order valence-corrected chi connectivity index (χ1v) is 10.5. The third kappa shape index (κ3) is 2.11. The van der Waals surface area contributed by atoms with Crippen molar-refractivity contribution in [3.8, 4) is 0 Å². The predicted octanol–water partition coefficient (Wildman–Crippen LogP) is 8.61. The molecule has 0 spiro atoms. The number of rotatable bonds is 0. The highest BCUT2D eigenvalue weighted by Gasteiger charge is 2.09. The zero-order chi connectivity index (χ0) is 19.7. The molecule has 0 heterocycles. The van der Waals surface area contributed by atoms with E-state index in [9.17, 15) is 0 Å². The van der Waals surface area contributed by atoms with Crippen LogP contribution in [0.5, 0.6) is 0 Å². The SMILES string of the molecule is c1ccc2c(c1)ccc1cc3ccc4c(ccc5c6ccccc6ccc54)c3cc12. The molecule has 0 aliphatic rings. The van der Waals surface area contributed by atoms with Gasteiger partial charge in [0.15, 0.2) is 0 Å². The lowest BCUT2D eigenvalue weighted by Gasteiger charge is -2.12. The fourth-order valence-corrected chi connectivity index (χ4v) is 5.14. The van der Waals surface area contributed by atoms with Crippen LogP contribution in [-0.4, -0.2) is 0 Å². The summed E-state index contributed by atoms with van der Waals surface area (Å²) in [4.78, 5) is 0. The third-order valence-electron chi connectivity index (χ3n) is 6.60. The van der Waals surface area contributed by atoms with Crippen molar-refractivity contribution < 1.29 is 0 Å². The van der Waals surface area contributed by atoms with E-state index >= 15 is 0 Å². The van der Waals surface area contributed by atoms with Crippen molar-refractivity contribution in [3.05, 3.63) is 109 Å². The first-order valence-electron chi connectivity index (χ1n) is 10.5. The second-order valence-corrected chi connectivity index (χ2v) is 8.19. The smallest absolute Gasteiger partial charge is 0.00986 e. The molecule has 0 bridgehead atoms. The number of hydrogen-bond donors (Lipinski definition) is 0. The lowest BCUT2D eigenvalue weighted by Crippen LogP contribution is -1.84. The van der Waals surface area contributed by atoms with Crippen LogP contribution in [0.15, 0.2) is 109 Å². The molecule has 0 saturated carbocycles. The van der Waals surface area contributed by atoms with Crippen LogP contribution in [0.1, 0.15) is 0 Å². The van der Waals surface area contributed by atoms with Gasteiger partial charge in [-0.1, -0.05) is 97.1 Å². The maximum Gasteiger partial charge on any atom is -0.00986 e. The topological polar surface area (TPSA) is 0 Å². The van der Waals surface area contributed by atoms with Crippen molar-refractivity contribution in [1.82, 2.24) is 0 Å². The van der Waals surface area contributed by atoms with E-state index in [0.717, 1.165) is 0 Å². The summed E-state index contributed by atoms with van der Waals surface area (Å²) in [7, 11) is 0. The molecule has 7 aromatic carbocycles. The highest BCUT2D eigenvalue weighted by atomic mass is 14.1. The number of hydrogen-bond acceptors (Lipinski definition) is 0. The fourth-order valence-electron chi connectivity index (χ4n) is 5.14. The van der Waals surface area contributed by atoms with E-state index in [2.05, 4.69) is 109 Å². The summed E-state index contributed by atoms with van der Waals surface area (Å²) in [5, 5.41) is 15.8. The second-order valence-electron chi connectivity index (χ2n) is 8.19. The monoisotopic (exact) mass is 378 g/mol. The summed E-state index contributed by atoms with van der Waals surface area (Å²) in [6.07, 6.45) is 0. The van der Waals surface area contributed by atoms with Gasteiger partial charge < -0.3 is 0 Å². The van der Waals surface area contributed by atoms with Crippen molar-refractivity contribution >= 4 is 64.6 Å². The van der Waals surface area contributed by atoms with Gasteiger partial charge in [0.05, 0.1) is 0 Å². The van der Waals surface area contributed by atoms with Gasteiger partial charge in [0.2, 0.25) is 0 Å². The molecule has 0 radical (unpaired) electrons. The van der Waals surface area contributed by atoms with Gasteiger partial charge in [0.25, 0.3) is 0 Å². The minimum atomic E-state index is 1.29. The fraction of sp³-hybridized carbons (Fsp3) is 0. The predicted molar refractivity (Wildman–Crippen MR) is 131 cm³/mol. The molecule has 0 nitrogen and oxygen atoms in total. The van der Waals surface area contributed by atoms with Crippen LogP contribution in [0, 0.1) is 0 Å². The van der Waals surface area contributed by atoms with Gasteiger partial charge in [-0.3, -0.25) is 0 Å². The van der Waals surface area contributed by atoms with Crippen molar-refractivity contribution in [2.24, 2.45) is 0 Å². The van der Waals surface area contributed by atoms with E-state index in [1.807, 2.05) is 0 Å². The van der Waals surface area contributed by atoms with Crippen LogP contribution in [0.25, 0.3) is 64.6 Å². The van der Waals surface area contributed by atoms with Crippen molar-refractivity contribution in [3.63, 3.8) is 0 Å². The van der Waals surface area contributed by atoms with Crippen LogP contribution in [0.4, 0.5) is 0 Å². The molecule has 0 unspecified atom stereocenters. The average molecular weight is 378 g/mol. The maximum atomic E-state index is 2.39. The maximum absolute atomic E-state index is 2.39. The molecule has 0 saturated heterocycles. The van der Waals surface area contributed by atoms with E-state index in [1.165, 1.54) is 64.6 Å². The normalized spacial score (nSPS) is 12.0. The first kappa shape index (κ1) is 16.0. The molecule has 0 aromatic heterocycles. The largest absolute Gasteiger partial charge is 0.0616 e. The second kappa shape index (κ2) is 5.81. The van der Waals surface area contributed by atoms with Crippen LogP contribution in [-0.2, 0) is 0 Å². The summed E-state index contributed by atoms with van der Waals surface area (Å²) in [6, 6.07) is 40.2. The first-order chi connectivity index (χ1) is 14.9. The Balaban J connectivity index is 1.66. The van der Waals surface area contributed by atoms with Gasteiger partial charge in [0.1, 0.15) is 0 Å². The van der Waals surface area contributed by atoms with Crippen LogP contribution in [0.3, 0.4) is 0 Å². The summed E-state index contributed by atoms with van der Waals surface area (Å²) in [5.41, 5.74) is 0. The van der Waals surface area contributed by atoms with Gasteiger partial charge in [-0.25, -0.2) is 0 Å². The van der Waals surface area contributed by atoms with E-state index in [4.69, 9.17) is 0 Å². The molecule has 138 valence electrons. The molecule has 0 aliphatic carbocycles. The lowest BCUT2D eigenvalue weighted by molar-refractivity contribution is 1.78. The molecule has 7 aromatic rings. The highest BCUT2D eigenvalue weighted by Crippen LogP contribution is 2.37. The van der Waals surface area contributed by atoms with Crippen molar-refractivity contribution in [1.29, 1.82) is 0 Å². The third-order valence-corrected chi connectivity index (χ3v) is 6.60. The molecular weight excluding hydrogens is 360 g/mol. The Morgan fingerprint density at radius 1 is 0.233 bits per heavy atom. The molecule has 0 aliphatic heterocycles. The van der Waals surface area contributed by atoms with Gasteiger partial charge in [0, 0.05) is 0 Å². The Morgan fingerprint density at radius 2 is 0.633 bits per heavy atom.